The van der Waals surface area contributed by atoms with Gasteiger partial charge in [-0.25, -0.2) is 0 Å². The Kier molecular flexibility index (Phi) is 2.91. The molecule has 0 spiro atoms. The van der Waals surface area contributed by atoms with Crippen LogP contribution in [0.5, 0.6) is 0 Å². The second-order valence-electron chi connectivity index (χ2n) is 4.49. The van der Waals surface area contributed by atoms with Gasteiger partial charge in [-0.1, -0.05) is 25.8 Å². The lowest BCUT2D eigenvalue weighted by Crippen LogP contribution is -2.09. The van der Waals surface area contributed by atoms with Crippen LogP contribution in [-0.4, -0.2) is 4.98 Å². The Labute approximate surface area is 92.7 Å². The molecule has 1 aromatic rings. The van der Waals surface area contributed by atoms with Gasteiger partial charge < -0.3 is 0 Å². The van der Waals surface area contributed by atoms with Crippen molar-refractivity contribution in [2.24, 2.45) is 5.92 Å². The quantitative estimate of drug-likeness (QED) is 0.709. The summed E-state index contributed by atoms with van der Waals surface area (Å²) < 4.78 is 36.9. The molecule has 16 heavy (non-hydrogen) atoms. The first-order valence-corrected chi connectivity index (χ1v) is 5.51. The molecule has 1 saturated carbocycles. The predicted molar refractivity (Wildman–Crippen MR) is 55.0 cm³/mol. The van der Waals surface area contributed by atoms with E-state index in [1.807, 2.05) is 0 Å². The average molecular weight is 229 g/mol. The Morgan fingerprint density at radius 1 is 1.25 bits per heavy atom. The van der Waals surface area contributed by atoms with E-state index < -0.39 is 11.9 Å². The molecule has 1 aromatic heterocycles. The maximum Gasteiger partial charge on any atom is 0.433 e. The van der Waals surface area contributed by atoms with Crippen LogP contribution in [0, 0.1) is 5.92 Å². The standard InChI is InChI=1S/C12H14F3N/c1-8-3-2-4-10(8)9-5-6-11(16-7-9)12(13,14)15/h5-8,10H,2-4H2,1H3. The normalized spacial score (nSPS) is 26.0. The molecule has 2 atom stereocenters. The first kappa shape index (κ1) is 11.4. The van der Waals surface area contributed by atoms with Crippen LogP contribution in [0.4, 0.5) is 13.2 Å². The summed E-state index contributed by atoms with van der Waals surface area (Å²) >= 11 is 0. The fourth-order valence-corrected chi connectivity index (χ4v) is 2.43. The Morgan fingerprint density at radius 3 is 2.44 bits per heavy atom. The van der Waals surface area contributed by atoms with Gasteiger partial charge in [0.2, 0.25) is 0 Å². The van der Waals surface area contributed by atoms with Crippen LogP contribution in [0.25, 0.3) is 0 Å². The topological polar surface area (TPSA) is 12.9 Å². The van der Waals surface area contributed by atoms with Crippen LogP contribution < -0.4 is 0 Å². The minimum atomic E-state index is -4.33. The van der Waals surface area contributed by atoms with E-state index in [4.69, 9.17) is 0 Å². The lowest BCUT2D eigenvalue weighted by Gasteiger charge is -2.15. The zero-order chi connectivity index (χ0) is 11.8. The van der Waals surface area contributed by atoms with Crippen LogP contribution in [0.15, 0.2) is 18.3 Å². The van der Waals surface area contributed by atoms with Gasteiger partial charge in [0.1, 0.15) is 5.69 Å². The highest BCUT2D eigenvalue weighted by Gasteiger charge is 2.33. The number of aromatic nitrogens is 1. The first-order chi connectivity index (χ1) is 7.48. The van der Waals surface area contributed by atoms with Crippen molar-refractivity contribution in [1.29, 1.82) is 0 Å². The average Bonchev–Trinajstić information content (AvgIpc) is 2.63. The Bertz CT molecular complexity index is 356. The number of hydrogen-bond acceptors (Lipinski definition) is 1. The minimum Gasteiger partial charge on any atom is -0.251 e. The molecule has 2 unspecified atom stereocenters. The highest BCUT2D eigenvalue weighted by molar-refractivity contribution is 5.21. The fourth-order valence-electron chi connectivity index (χ4n) is 2.43. The van der Waals surface area contributed by atoms with Gasteiger partial charge in [-0.2, -0.15) is 13.2 Å². The highest BCUT2D eigenvalue weighted by atomic mass is 19.4. The molecule has 0 saturated heterocycles. The fraction of sp³-hybridized carbons (Fsp3) is 0.583. The molecular weight excluding hydrogens is 215 g/mol. The number of nitrogens with zero attached hydrogens (tertiary/aromatic N) is 1. The summed E-state index contributed by atoms with van der Waals surface area (Å²) in [5.74, 6) is 0.938. The molecule has 0 radical (unpaired) electrons. The van der Waals surface area contributed by atoms with E-state index in [0.29, 0.717) is 11.8 Å². The molecule has 88 valence electrons. The second-order valence-corrected chi connectivity index (χ2v) is 4.49. The highest BCUT2D eigenvalue weighted by Crippen LogP contribution is 2.39. The molecule has 1 nitrogen and oxygen atoms in total. The molecular formula is C12H14F3N. The molecule has 1 aliphatic rings. The summed E-state index contributed by atoms with van der Waals surface area (Å²) in [5.41, 5.74) is 0.139. The SMILES string of the molecule is CC1CCCC1c1ccc(C(F)(F)F)nc1. The van der Waals surface area contributed by atoms with E-state index in [0.717, 1.165) is 30.9 Å². The molecule has 0 aliphatic heterocycles. The molecule has 0 amide bonds. The first-order valence-electron chi connectivity index (χ1n) is 5.51. The molecule has 1 heterocycles. The van der Waals surface area contributed by atoms with Crippen molar-refractivity contribution >= 4 is 0 Å². The number of hydrogen-bond donors (Lipinski definition) is 0. The number of alkyl halides is 3. The maximum absolute atomic E-state index is 12.3. The van der Waals surface area contributed by atoms with E-state index in [9.17, 15) is 13.2 Å². The molecule has 0 bridgehead atoms. The van der Waals surface area contributed by atoms with Gasteiger partial charge in [-0.05, 0) is 29.9 Å². The predicted octanol–water partition coefficient (Wildman–Crippen LogP) is 4.00. The van der Waals surface area contributed by atoms with Crippen molar-refractivity contribution in [2.75, 3.05) is 0 Å². The number of halogens is 3. The maximum atomic E-state index is 12.3. The lowest BCUT2D eigenvalue weighted by atomic mass is 9.91. The molecule has 1 aliphatic carbocycles. The van der Waals surface area contributed by atoms with Crippen LogP contribution in [0.3, 0.4) is 0 Å². The molecule has 4 heteroatoms. The number of rotatable bonds is 1. The van der Waals surface area contributed by atoms with Gasteiger partial charge in [-0.3, -0.25) is 4.98 Å². The molecule has 2 rings (SSSR count). The number of pyridine rings is 1. The van der Waals surface area contributed by atoms with Gasteiger partial charge in [0.25, 0.3) is 0 Å². The van der Waals surface area contributed by atoms with E-state index in [2.05, 4.69) is 11.9 Å². The summed E-state index contributed by atoms with van der Waals surface area (Å²) in [4.78, 5) is 3.50. The van der Waals surface area contributed by atoms with Crippen molar-refractivity contribution < 1.29 is 13.2 Å². The summed E-state index contributed by atoms with van der Waals surface area (Å²) in [5, 5.41) is 0. The third kappa shape index (κ3) is 2.20. The third-order valence-corrected chi connectivity index (χ3v) is 3.37. The van der Waals surface area contributed by atoms with E-state index >= 15 is 0 Å². The van der Waals surface area contributed by atoms with E-state index in [-0.39, 0.29) is 0 Å². The van der Waals surface area contributed by atoms with Crippen LogP contribution in [0.2, 0.25) is 0 Å². The van der Waals surface area contributed by atoms with Crippen molar-refractivity contribution in [2.45, 2.75) is 38.3 Å². The van der Waals surface area contributed by atoms with Crippen molar-refractivity contribution in [3.8, 4) is 0 Å². The van der Waals surface area contributed by atoms with E-state index in [1.54, 1.807) is 6.07 Å². The van der Waals surface area contributed by atoms with Crippen LogP contribution in [-0.2, 0) is 6.18 Å². The minimum absolute atomic E-state index is 0.384. The lowest BCUT2D eigenvalue weighted by molar-refractivity contribution is -0.141. The van der Waals surface area contributed by atoms with Gasteiger partial charge in [0.15, 0.2) is 0 Å². The van der Waals surface area contributed by atoms with Crippen molar-refractivity contribution in [1.82, 2.24) is 4.98 Å². The summed E-state index contributed by atoms with van der Waals surface area (Å²) in [6.45, 7) is 2.15. The Hall–Kier alpha value is -1.06. The van der Waals surface area contributed by atoms with Crippen molar-refractivity contribution in [3.63, 3.8) is 0 Å². The zero-order valence-electron chi connectivity index (χ0n) is 9.09. The summed E-state index contributed by atoms with van der Waals surface area (Å²) in [6.07, 6.45) is 0.432. The molecule has 0 N–H and O–H groups in total. The molecule has 0 aromatic carbocycles. The Balaban J connectivity index is 2.19. The third-order valence-electron chi connectivity index (χ3n) is 3.37. The van der Waals surface area contributed by atoms with Crippen LogP contribution in [0.1, 0.15) is 43.4 Å². The summed E-state index contributed by atoms with van der Waals surface area (Å²) in [7, 11) is 0. The van der Waals surface area contributed by atoms with Gasteiger partial charge in [-0.15, -0.1) is 0 Å². The monoisotopic (exact) mass is 229 g/mol. The van der Waals surface area contributed by atoms with Crippen molar-refractivity contribution in [3.05, 3.63) is 29.6 Å². The van der Waals surface area contributed by atoms with Gasteiger partial charge in [0, 0.05) is 6.20 Å². The zero-order valence-corrected chi connectivity index (χ0v) is 9.09. The van der Waals surface area contributed by atoms with Gasteiger partial charge >= 0.3 is 6.18 Å². The summed E-state index contributed by atoms with van der Waals surface area (Å²) in [6, 6.07) is 2.66. The largest absolute Gasteiger partial charge is 0.433 e. The van der Waals surface area contributed by atoms with E-state index in [1.165, 1.54) is 6.20 Å². The van der Waals surface area contributed by atoms with Crippen LogP contribution >= 0.6 is 0 Å². The Morgan fingerprint density at radius 2 is 2.00 bits per heavy atom. The second kappa shape index (κ2) is 4.07. The molecule has 1 fully saturated rings. The van der Waals surface area contributed by atoms with Gasteiger partial charge in [0.05, 0.1) is 0 Å². The smallest absolute Gasteiger partial charge is 0.251 e.